The molecule has 1 aromatic rings. The van der Waals surface area contributed by atoms with Gasteiger partial charge in [0.25, 0.3) is 0 Å². The normalized spacial score (nSPS) is 22.3. The van der Waals surface area contributed by atoms with Crippen LogP contribution in [0.15, 0.2) is 30.3 Å². The Morgan fingerprint density at radius 3 is 2.74 bits per heavy atom. The summed E-state index contributed by atoms with van der Waals surface area (Å²) >= 11 is 0. The second-order valence-electron chi connectivity index (χ2n) is 5.81. The maximum absolute atomic E-state index is 12.4. The van der Waals surface area contributed by atoms with E-state index in [4.69, 9.17) is 5.73 Å². The molecule has 3 nitrogen and oxygen atoms in total. The van der Waals surface area contributed by atoms with Crippen molar-refractivity contribution in [2.75, 3.05) is 13.1 Å². The smallest absolute Gasteiger partial charge is 0.242 e. The Morgan fingerprint density at radius 1 is 1.42 bits per heavy atom. The van der Waals surface area contributed by atoms with Crippen LogP contribution < -0.4 is 5.73 Å². The molecule has 0 bridgehead atoms. The number of hydrogen-bond acceptors (Lipinski definition) is 2. The molecule has 1 amide bonds. The van der Waals surface area contributed by atoms with E-state index in [-0.39, 0.29) is 5.91 Å². The van der Waals surface area contributed by atoms with Gasteiger partial charge < -0.3 is 10.6 Å². The van der Waals surface area contributed by atoms with Gasteiger partial charge >= 0.3 is 0 Å². The van der Waals surface area contributed by atoms with Crippen molar-refractivity contribution in [1.29, 1.82) is 0 Å². The first kappa shape index (κ1) is 14.1. The number of hydrogen-bond donors (Lipinski definition) is 1. The van der Waals surface area contributed by atoms with Crippen molar-refractivity contribution in [3.05, 3.63) is 35.9 Å². The van der Waals surface area contributed by atoms with Gasteiger partial charge in [0.15, 0.2) is 0 Å². The molecule has 1 fully saturated rings. The average Bonchev–Trinajstić information content (AvgIpc) is 2.88. The second-order valence-corrected chi connectivity index (χ2v) is 5.81. The monoisotopic (exact) mass is 260 g/mol. The Bertz CT molecular complexity index is 428. The molecule has 19 heavy (non-hydrogen) atoms. The number of carbonyl (C=O) groups is 1. The SMILES string of the molecule is CCCC(C)(N)C(=O)N1CCC(c2ccccc2)C1. The van der Waals surface area contributed by atoms with Crippen molar-refractivity contribution >= 4 is 5.91 Å². The molecule has 2 N–H and O–H groups in total. The van der Waals surface area contributed by atoms with E-state index < -0.39 is 5.54 Å². The van der Waals surface area contributed by atoms with Crippen LogP contribution in [0.5, 0.6) is 0 Å². The van der Waals surface area contributed by atoms with Crippen LogP contribution in [0.2, 0.25) is 0 Å². The molecule has 1 aliphatic heterocycles. The highest BCUT2D eigenvalue weighted by molar-refractivity contribution is 5.86. The molecule has 1 saturated heterocycles. The van der Waals surface area contributed by atoms with Crippen LogP contribution in [0.3, 0.4) is 0 Å². The zero-order chi connectivity index (χ0) is 13.9. The Hall–Kier alpha value is -1.35. The van der Waals surface area contributed by atoms with E-state index >= 15 is 0 Å². The van der Waals surface area contributed by atoms with Crippen LogP contribution in [0, 0.1) is 0 Å². The van der Waals surface area contributed by atoms with Gasteiger partial charge in [0.05, 0.1) is 5.54 Å². The maximum atomic E-state index is 12.4. The van der Waals surface area contributed by atoms with E-state index in [1.165, 1.54) is 5.56 Å². The van der Waals surface area contributed by atoms with Crippen molar-refractivity contribution in [3.63, 3.8) is 0 Å². The summed E-state index contributed by atoms with van der Waals surface area (Å²) in [5.74, 6) is 0.565. The Balaban J connectivity index is 2.01. The Kier molecular flexibility index (Phi) is 4.25. The average molecular weight is 260 g/mol. The van der Waals surface area contributed by atoms with E-state index in [0.29, 0.717) is 5.92 Å². The van der Waals surface area contributed by atoms with Crippen molar-refractivity contribution in [3.8, 4) is 0 Å². The van der Waals surface area contributed by atoms with E-state index in [1.807, 2.05) is 17.9 Å². The molecular formula is C16H24N2O. The number of amides is 1. The topological polar surface area (TPSA) is 46.3 Å². The molecule has 2 rings (SSSR count). The Labute approximate surface area is 115 Å². The summed E-state index contributed by atoms with van der Waals surface area (Å²) in [7, 11) is 0. The van der Waals surface area contributed by atoms with E-state index in [9.17, 15) is 4.79 Å². The molecule has 1 aromatic carbocycles. The fraction of sp³-hybridized carbons (Fsp3) is 0.562. The fourth-order valence-corrected chi connectivity index (χ4v) is 2.93. The molecule has 0 spiro atoms. The number of benzene rings is 1. The summed E-state index contributed by atoms with van der Waals surface area (Å²) in [4.78, 5) is 14.4. The first-order chi connectivity index (χ1) is 9.04. The molecule has 3 heteroatoms. The zero-order valence-corrected chi connectivity index (χ0v) is 11.9. The van der Waals surface area contributed by atoms with Crippen molar-refractivity contribution in [2.24, 2.45) is 5.73 Å². The summed E-state index contributed by atoms with van der Waals surface area (Å²) in [5, 5.41) is 0. The lowest BCUT2D eigenvalue weighted by Crippen LogP contribution is -2.52. The van der Waals surface area contributed by atoms with E-state index in [1.54, 1.807) is 0 Å². The summed E-state index contributed by atoms with van der Waals surface area (Å²) in [6, 6.07) is 10.4. The lowest BCUT2D eigenvalue weighted by atomic mass is 9.95. The van der Waals surface area contributed by atoms with E-state index in [2.05, 4.69) is 31.2 Å². The van der Waals surface area contributed by atoms with Gasteiger partial charge in [0.2, 0.25) is 5.91 Å². The highest BCUT2D eigenvalue weighted by Crippen LogP contribution is 2.28. The van der Waals surface area contributed by atoms with Gasteiger partial charge in [-0.3, -0.25) is 4.79 Å². The number of nitrogens with zero attached hydrogens (tertiary/aromatic N) is 1. The summed E-state index contributed by atoms with van der Waals surface area (Å²) in [6.45, 7) is 5.55. The number of rotatable bonds is 4. The van der Waals surface area contributed by atoms with E-state index in [0.717, 1.165) is 32.4 Å². The Morgan fingerprint density at radius 2 is 2.11 bits per heavy atom. The molecule has 0 aromatic heterocycles. The minimum absolute atomic E-state index is 0.104. The van der Waals surface area contributed by atoms with Crippen molar-refractivity contribution in [2.45, 2.75) is 44.6 Å². The van der Waals surface area contributed by atoms with Crippen LogP contribution in [-0.4, -0.2) is 29.4 Å². The molecular weight excluding hydrogens is 236 g/mol. The summed E-state index contributed by atoms with van der Waals surface area (Å²) < 4.78 is 0. The number of likely N-dealkylation sites (tertiary alicyclic amines) is 1. The van der Waals surface area contributed by atoms with Crippen LogP contribution in [-0.2, 0) is 4.79 Å². The third kappa shape index (κ3) is 3.16. The quantitative estimate of drug-likeness (QED) is 0.904. The maximum Gasteiger partial charge on any atom is 0.242 e. The third-order valence-corrected chi connectivity index (χ3v) is 4.00. The standard InChI is InChI=1S/C16H24N2O/c1-3-10-16(2,17)15(19)18-11-9-14(12-18)13-7-5-4-6-8-13/h4-8,14H,3,9-12,17H2,1-2H3. The van der Waals surface area contributed by atoms with Crippen molar-refractivity contribution < 1.29 is 4.79 Å². The zero-order valence-electron chi connectivity index (χ0n) is 11.9. The third-order valence-electron chi connectivity index (χ3n) is 4.00. The molecule has 1 heterocycles. The number of nitrogens with two attached hydrogens (primary N) is 1. The fourth-order valence-electron chi connectivity index (χ4n) is 2.93. The molecule has 2 unspecified atom stereocenters. The summed E-state index contributed by atoms with van der Waals surface area (Å²) in [6.07, 6.45) is 2.73. The predicted molar refractivity (Wildman–Crippen MR) is 77.9 cm³/mol. The molecule has 0 aliphatic carbocycles. The first-order valence-corrected chi connectivity index (χ1v) is 7.18. The lowest BCUT2D eigenvalue weighted by Gasteiger charge is -2.29. The highest BCUT2D eigenvalue weighted by atomic mass is 16.2. The molecule has 2 atom stereocenters. The van der Waals surface area contributed by atoms with Gasteiger partial charge in [-0.1, -0.05) is 43.7 Å². The highest BCUT2D eigenvalue weighted by Gasteiger charge is 2.35. The second kappa shape index (κ2) is 5.74. The molecule has 0 radical (unpaired) electrons. The minimum atomic E-state index is -0.708. The molecule has 0 saturated carbocycles. The van der Waals surface area contributed by atoms with Gasteiger partial charge in [-0.05, 0) is 25.3 Å². The van der Waals surface area contributed by atoms with Crippen LogP contribution in [0.4, 0.5) is 0 Å². The lowest BCUT2D eigenvalue weighted by molar-refractivity contribution is -0.135. The molecule has 104 valence electrons. The van der Waals surface area contributed by atoms with Crippen LogP contribution in [0.1, 0.15) is 44.6 Å². The van der Waals surface area contributed by atoms with Gasteiger partial charge in [0, 0.05) is 19.0 Å². The molecule has 1 aliphatic rings. The van der Waals surface area contributed by atoms with Gasteiger partial charge in [0.1, 0.15) is 0 Å². The largest absolute Gasteiger partial charge is 0.340 e. The van der Waals surface area contributed by atoms with Gasteiger partial charge in [-0.25, -0.2) is 0 Å². The van der Waals surface area contributed by atoms with Crippen molar-refractivity contribution in [1.82, 2.24) is 4.90 Å². The minimum Gasteiger partial charge on any atom is -0.340 e. The summed E-state index contributed by atoms with van der Waals surface area (Å²) in [5.41, 5.74) is 6.76. The predicted octanol–water partition coefficient (Wildman–Crippen LogP) is 2.52. The van der Waals surface area contributed by atoms with Crippen LogP contribution in [0.25, 0.3) is 0 Å². The number of carbonyl (C=O) groups excluding carboxylic acids is 1. The van der Waals surface area contributed by atoms with Gasteiger partial charge in [-0.2, -0.15) is 0 Å². The van der Waals surface area contributed by atoms with Gasteiger partial charge in [-0.15, -0.1) is 0 Å². The first-order valence-electron chi connectivity index (χ1n) is 7.18. The van der Waals surface area contributed by atoms with Crippen LogP contribution >= 0.6 is 0 Å².